The van der Waals surface area contributed by atoms with E-state index in [1.54, 1.807) is 24.4 Å². The van der Waals surface area contributed by atoms with E-state index in [2.05, 4.69) is 5.32 Å². The lowest BCUT2D eigenvalue weighted by molar-refractivity contribution is 0.0941. The largest absolute Gasteiger partial charge is 0.321 e. The molecule has 24 heavy (non-hydrogen) atoms. The number of fused-ring (bicyclic) bond motifs is 1. The number of nitrogens with zero attached hydrogens (tertiary/aromatic N) is 1. The Morgan fingerprint density at radius 1 is 1.08 bits per heavy atom. The van der Waals surface area contributed by atoms with Crippen LogP contribution in [0, 0.1) is 13.8 Å². The summed E-state index contributed by atoms with van der Waals surface area (Å²) < 4.78 is 1.45. The normalized spacial score (nSPS) is 10.8. The number of carbonyl (C=O) groups is 2. The van der Waals surface area contributed by atoms with E-state index in [1.165, 1.54) is 11.5 Å². The van der Waals surface area contributed by atoms with Crippen molar-refractivity contribution in [1.29, 1.82) is 0 Å². The summed E-state index contributed by atoms with van der Waals surface area (Å²) in [7, 11) is 0. The number of benzene rings is 2. The summed E-state index contributed by atoms with van der Waals surface area (Å²) in [6.45, 7) is 5.34. The highest BCUT2D eigenvalue weighted by Gasteiger charge is 2.18. The Hall–Kier alpha value is -2.59. The summed E-state index contributed by atoms with van der Waals surface area (Å²) in [5.41, 5.74) is 3.84. The SMILES string of the molecule is CC(=O)n1cc(C(=O)Nc2c(C)cccc2C)c2ccc(Cl)cc21. The lowest BCUT2D eigenvalue weighted by Gasteiger charge is -2.11. The average Bonchev–Trinajstić information content (AvgIpc) is 2.89. The van der Waals surface area contributed by atoms with E-state index in [4.69, 9.17) is 11.6 Å². The van der Waals surface area contributed by atoms with Crippen LogP contribution in [0.25, 0.3) is 10.9 Å². The molecule has 3 aromatic rings. The number of halogens is 1. The number of nitrogens with one attached hydrogen (secondary N) is 1. The summed E-state index contributed by atoms with van der Waals surface area (Å²) >= 11 is 6.03. The molecule has 0 bridgehead atoms. The predicted octanol–water partition coefficient (Wildman–Crippen LogP) is 4.82. The van der Waals surface area contributed by atoms with Crippen LogP contribution in [0.15, 0.2) is 42.6 Å². The standard InChI is InChI=1S/C19H17ClN2O2/c1-11-5-4-6-12(2)18(11)21-19(24)16-10-22(13(3)23)17-9-14(20)7-8-15(16)17/h4-10H,1-3H3,(H,21,24). The minimum Gasteiger partial charge on any atom is -0.321 e. The van der Waals surface area contributed by atoms with Gasteiger partial charge in [-0.05, 0) is 37.1 Å². The number of carbonyl (C=O) groups excluding carboxylic acids is 2. The first-order valence-corrected chi connectivity index (χ1v) is 7.95. The molecule has 1 N–H and O–H groups in total. The molecular formula is C19H17ClN2O2. The molecule has 2 aromatic carbocycles. The molecule has 0 saturated heterocycles. The fourth-order valence-electron chi connectivity index (χ4n) is 2.83. The Bertz CT molecular complexity index is 953. The zero-order valence-corrected chi connectivity index (χ0v) is 14.4. The molecule has 1 amide bonds. The van der Waals surface area contributed by atoms with Crippen LogP contribution in [0.4, 0.5) is 5.69 Å². The number of rotatable bonds is 2. The van der Waals surface area contributed by atoms with E-state index in [-0.39, 0.29) is 11.8 Å². The van der Waals surface area contributed by atoms with Gasteiger partial charge in [0.15, 0.2) is 0 Å². The van der Waals surface area contributed by atoms with Gasteiger partial charge in [0.25, 0.3) is 5.91 Å². The maximum Gasteiger partial charge on any atom is 0.257 e. The maximum atomic E-state index is 12.8. The van der Waals surface area contributed by atoms with Crippen molar-refractivity contribution in [3.63, 3.8) is 0 Å². The third kappa shape index (κ3) is 2.81. The topological polar surface area (TPSA) is 51.1 Å². The van der Waals surface area contributed by atoms with Crippen LogP contribution in [0.1, 0.15) is 33.2 Å². The first-order valence-electron chi connectivity index (χ1n) is 7.57. The van der Waals surface area contributed by atoms with Crippen LogP contribution in [0.3, 0.4) is 0 Å². The van der Waals surface area contributed by atoms with Crippen LogP contribution in [0.5, 0.6) is 0 Å². The van der Waals surface area contributed by atoms with Gasteiger partial charge in [-0.1, -0.05) is 35.9 Å². The molecule has 0 radical (unpaired) electrons. The Morgan fingerprint density at radius 2 is 1.75 bits per heavy atom. The number of amides is 1. The lowest BCUT2D eigenvalue weighted by atomic mass is 10.1. The maximum absolute atomic E-state index is 12.8. The minimum absolute atomic E-state index is 0.173. The zero-order chi connectivity index (χ0) is 17.4. The average molecular weight is 341 g/mol. The zero-order valence-electron chi connectivity index (χ0n) is 13.7. The number of para-hydroxylation sites is 1. The van der Waals surface area contributed by atoms with Crippen LogP contribution >= 0.6 is 11.6 Å². The monoisotopic (exact) mass is 340 g/mol. The molecule has 4 nitrogen and oxygen atoms in total. The van der Waals surface area contributed by atoms with E-state index in [0.717, 1.165) is 16.8 Å². The lowest BCUT2D eigenvalue weighted by Crippen LogP contribution is -2.13. The summed E-state index contributed by atoms with van der Waals surface area (Å²) in [5.74, 6) is -0.423. The van der Waals surface area contributed by atoms with Gasteiger partial charge in [-0.15, -0.1) is 0 Å². The van der Waals surface area contributed by atoms with Crippen LogP contribution in [0.2, 0.25) is 5.02 Å². The number of aryl methyl sites for hydroxylation is 2. The highest BCUT2D eigenvalue weighted by atomic mass is 35.5. The molecule has 5 heteroatoms. The Morgan fingerprint density at radius 3 is 2.38 bits per heavy atom. The molecule has 1 aromatic heterocycles. The highest BCUT2D eigenvalue weighted by Crippen LogP contribution is 2.27. The smallest absolute Gasteiger partial charge is 0.257 e. The van der Waals surface area contributed by atoms with Crippen molar-refractivity contribution in [1.82, 2.24) is 4.57 Å². The molecule has 0 unspecified atom stereocenters. The summed E-state index contributed by atoms with van der Waals surface area (Å²) in [5, 5.41) is 4.17. The van der Waals surface area contributed by atoms with Crippen molar-refractivity contribution in [3.8, 4) is 0 Å². The molecule has 3 rings (SSSR count). The summed E-state index contributed by atoms with van der Waals surface area (Å²) in [4.78, 5) is 24.6. The third-order valence-electron chi connectivity index (χ3n) is 4.07. The summed E-state index contributed by atoms with van der Waals surface area (Å²) in [6.07, 6.45) is 1.56. The molecule has 122 valence electrons. The van der Waals surface area contributed by atoms with Crippen LogP contribution in [-0.2, 0) is 0 Å². The fraction of sp³-hybridized carbons (Fsp3) is 0.158. The van der Waals surface area contributed by atoms with Gasteiger partial charge in [0, 0.05) is 29.2 Å². The second kappa shape index (κ2) is 6.13. The van der Waals surface area contributed by atoms with Crippen molar-refractivity contribution in [2.24, 2.45) is 0 Å². The minimum atomic E-state index is -0.250. The Balaban J connectivity index is 2.09. The molecule has 0 aliphatic carbocycles. The second-order valence-corrected chi connectivity index (χ2v) is 6.25. The Kier molecular flexibility index (Phi) is 4.16. The first-order chi connectivity index (χ1) is 11.4. The molecule has 0 aliphatic heterocycles. The predicted molar refractivity (Wildman–Crippen MR) is 97.1 cm³/mol. The fourth-order valence-corrected chi connectivity index (χ4v) is 3.00. The van der Waals surface area contributed by atoms with Crippen LogP contribution in [-0.4, -0.2) is 16.4 Å². The molecule has 0 saturated carbocycles. The van der Waals surface area contributed by atoms with Gasteiger partial charge >= 0.3 is 0 Å². The second-order valence-electron chi connectivity index (χ2n) is 5.81. The van der Waals surface area contributed by atoms with E-state index >= 15 is 0 Å². The van der Waals surface area contributed by atoms with Crippen molar-refractivity contribution < 1.29 is 9.59 Å². The van der Waals surface area contributed by atoms with Gasteiger partial charge in [0.05, 0.1) is 11.1 Å². The van der Waals surface area contributed by atoms with E-state index in [9.17, 15) is 9.59 Å². The highest BCUT2D eigenvalue weighted by molar-refractivity contribution is 6.31. The number of hydrogen-bond acceptors (Lipinski definition) is 2. The van der Waals surface area contributed by atoms with Crippen molar-refractivity contribution in [2.45, 2.75) is 20.8 Å². The van der Waals surface area contributed by atoms with E-state index in [0.29, 0.717) is 21.5 Å². The van der Waals surface area contributed by atoms with E-state index < -0.39 is 0 Å². The van der Waals surface area contributed by atoms with Crippen molar-refractivity contribution in [2.75, 3.05) is 5.32 Å². The summed E-state index contributed by atoms with van der Waals surface area (Å²) in [6, 6.07) is 11.0. The molecule has 0 spiro atoms. The number of anilines is 1. The van der Waals surface area contributed by atoms with Crippen LogP contribution < -0.4 is 5.32 Å². The van der Waals surface area contributed by atoms with Crippen molar-refractivity contribution >= 4 is 40.0 Å². The number of hydrogen-bond donors (Lipinski definition) is 1. The van der Waals surface area contributed by atoms with E-state index in [1.807, 2.05) is 32.0 Å². The quantitative estimate of drug-likeness (QED) is 0.726. The van der Waals surface area contributed by atoms with Gasteiger partial charge in [-0.25, -0.2) is 0 Å². The van der Waals surface area contributed by atoms with Gasteiger partial charge in [-0.2, -0.15) is 0 Å². The van der Waals surface area contributed by atoms with Gasteiger partial charge in [0.2, 0.25) is 5.91 Å². The first kappa shape index (κ1) is 16.3. The Labute approximate surface area is 145 Å². The van der Waals surface area contributed by atoms with Crippen molar-refractivity contribution in [3.05, 3.63) is 64.3 Å². The van der Waals surface area contributed by atoms with Gasteiger partial charge < -0.3 is 5.32 Å². The number of aromatic nitrogens is 1. The molecule has 1 heterocycles. The molecule has 0 atom stereocenters. The third-order valence-corrected chi connectivity index (χ3v) is 4.31. The van der Waals surface area contributed by atoms with Gasteiger partial charge in [-0.3, -0.25) is 14.2 Å². The van der Waals surface area contributed by atoms with Gasteiger partial charge in [0.1, 0.15) is 0 Å². The molecule has 0 fully saturated rings. The molecule has 0 aliphatic rings. The molecular weight excluding hydrogens is 324 g/mol.